The molecule has 2 N–H and O–H groups in total. The van der Waals surface area contributed by atoms with Gasteiger partial charge in [0, 0.05) is 0 Å². The monoisotopic (exact) mass is 378 g/mol. The number of carbonyl (C=O) groups is 3. The first kappa shape index (κ1) is 21.2. The van der Waals surface area contributed by atoms with E-state index in [0.29, 0.717) is 24.3 Å². The van der Waals surface area contributed by atoms with Gasteiger partial charge in [0.15, 0.2) is 5.78 Å². The lowest BCUT2D eigenvalue weighted by Gasteiger charge is -2.33. The summed E-state index contributed by atoms with van der Waals surface area (Å²) in [6.07, 6.45) is 3.48. The molecule has 2 amide bonds. The van der Waals surface area contributed by atoms with E-state index < -0.39 is 12.1 Å². The Morgan fingerprint density at radius 2 is 2.04 bits per heavy atom. The number of hydrogen-bond donors (Lipinski definition) is 2. The fourth-order valence-electron chi connectivity index (χ4n) is 2.97. The van der Waals surface area contributed by atoms with Crippen molar-refractivity contribution < 1.29 is 23.5 Å². The molecule has 1 aromatic heterocycles. The summed E-state index contributed by atoms with van der Waals surface area (Å²) in [5.41, 5.74) is 0.160. The molecule has 1 aliphatic heterocycles. The SMILES string of the molecule is CC[C@@H]1OCC(=O)C1NC(=O)[C@H](CC(C)(C)C(C)C)NC(=O)c1ccoc1. The van der Waals surface area contributed by atoms with E-state index in [0.717, 1.165) is 0 Å². The van der Waals surface area contributed by atoms with Crippen molar-refractivity contribution >= 4 is 17.6 Å². The molecular weight excluding hydrogens is 348 g/mol. The predicted molar refractivity (Wildman–Crippen MR) is 100 cm³/mol. The normalized spacial score (nSPS) is 21.3. The Morgan fingerprint density at radius 3 is 2.59 bits per heavy atom. The maximum absolute atomic E-state index is 13.0. The fourth-order valence-corrected chi connectivity index (χ4v) is 2.97. The van der Waals surface area contributed by atoms with E-state index in [9.17, 15) is 14.4 Å². The summed E-state index contributed by atoms with van der Waals surface area (Å²) in [4.78, 5) is 37.5. The Bertz CT molecular complexity index is 666. The summed E-state index contributed by atoms with van der Waals surface area (Å²) in [5, 5.41) is 5.58. The molecule has 0 spiro atoms. The van der Waals surface area contributed by atoms with Crippen molar-refractivity contribution in [1.82, 2.24) is 10.6 Å². The van der Waals surface area contributed by atoms with Crippen LogP contribution < -0.4 is 10.6 Å². The molecule has 1 unspecified atom stereocenters. The number of Topliss-reactive ketones (excluding diaryl/α,β-unsaturated/α-hetero) is 1. The second-order valence-corrected chi connectivity index (χ2v) is 8.10. The molecular formula is C20H30N2O5. The maximum atomic E-state index is 13.0. The molecule has 2 rings (SSSR count). The number of ketones is 1. The van der Waals surface area contributed by atoms with Crippen molar-refractivity contribution in [3.63, 3.8) is 0 Å². The minimum Gasteiger partial charge on any atom is -0.472 e. The van der Waals surface area contributed by atoms with Gasteiger partial charge < -0.3 is 19.8 Å². The largest absolute Gasteiger partial charge is 0.472 e. The molecule has 150 valence electrons. The van der Waals surface area contributed by atoms with Gasteiger partial charge in [-0.2, -0.15) is 0 Å². The van der Waals surface area contributed by atoms with Crippen molar-refractivity contribution in [3.8, 4) is 0 Å². The van der Waals surface area contributed by atoms with Crippen LogP contribution in [0.15, 0.2) is 23.0 Å². The Balaban J connectivity index is 2.16. The highest BCUT2D eigenvalue weighted by molar-refractivity contribution is 5.98. The summed E-state index contributed by atoms with van der Waals surface area (Å²) in [6.45, 7) is 10.2. The first-order valence-electron chi connectivity index (χ1n) is 9.43. The number of furan rings is 1. The van der Waals surface area contributed by atoms with Gasteiger partial charge in [-0.05, 0) is 30.2 Å². The molecule has 7 nitrogen and oxygen atoms in total. The highest BCUT2D eigenvalue weighted by atomic mass is 16.5. The maximum Gasteiger partial charge on any atom is 0.255 e. The zero-order valence-corrected chi connectivity index (χ0v) is 16.7. The molecule has 0 saturated carbocycles. The molecule has 3 atom stereocenters. The number of carbonyl (C=O) groups excluding carboxylic acids is 3. The zero-order valence-electron chi connectivity index (χ0n) is 16.7. The lowest BCUT2D eigenvalue weighted by Crippen LogP contribution is -2.54. The highest BCUT2D eigenvalue weighted by Gasteiger charge is 2.38. The standard InChI is InChI=1S/C20H30N2O5/c1-6-16-17(15(23)11-27-16)22-19(25)14(9-20(4,5)12(2)3)21-18(24)13-7-8-26-10-13/h7-8,10,12,14,16-17H,6,9,11H2,1-5H3,(H,21,24)(H,22,25)/t14-,16-,17?/m0/s1. The van der Waals surface area contributed by atoms with E-state index in [-0.39, 0.29) is 35.7 Å². The first-order chi connectivity index (χ1) is 12.7. The summed E-state index contributed by atoms with van der Waals surface area (Å²) in [5.74, 6) is -0.593. The quantitative estimate of drug-likeness (QED) is 0.723. The third-order valence-corrected chi connectivity index (χ3v) is 5.56. The molecule has 27 heavy (non-hydrogen) atoms. The van der Waals surface area contributed by atoms with E-state index in [4.69, 9.17) is 9.15 Å². The summed E-state index contributed by atoms with van der Waals surface area (Å²) in [6, 6.07) is 0.105. The van der Waals surface area contributed by atoms with Gasteiger partial charge in [0.05, 0.1) is 17.9 Å². The summed E-state index contributed by atoms with van der Waals surface area (Å²) >= 11 is 0. The smallest absolute Gasteiger partial charge is 0.255 e. The second kappa shape index (κ2) is 8.69. The van der Waals surface area contributed by atoms with Crippen LogP contribution in [0.5, 0.6) is 0 Å². The van der Waals surface area contributed by atoms with Gasteiger partial charge in [-0.3, -0.25) is 14.4 Å². The third-order valence-electron chi connectivity index (χ3n) is 5.56. The van der Waals surface area contributed by atoms with E-state index in [2.05, 4.69) is 38.3 Å². The minimum atomic E-state index is -0.768. The van der Waals surface area contributed by atoms with Gasteiger partial charge >= 0.3 is 0 Å². The van der Waals surface area contributed by atoms with Crippen LogP contribution in [0.4, 0.5) is 0 Å². The van der Waals surface area contributed by atoms with Gasteiger partial charge in [0.25, 0.3) is 5.91 Å². The molecule has 0 aliphatic carbocycles. The van der Waals surface area contributed by atoms with Crippen LogP contribution >= 0.6 is 0 Å². The van der Waals surface area contributed by atoms with Gasteiger partial charge in [-0.15, -0.1) is 0 Å². The molecule has 2 heterocycles. The number of nitrogens with one attached hydrogen (secondary N) is 2. The first-order valence-corrected chi connectivity index (χ1v) is 9.43. The van der Waals surface area contributed by atoms with Crippen LogP contribution in [0.3, 0.4) is 0 Å². The molecule has 1 aliphatic rings. The molecule has 1 fully saturated rings. The van der Waals surface area contributed by atoms with E-state index in [1.54, 1.807) is 6.07 Å². The predicted octanol–water partition coefficient (Wildman–Crippen LogP) is 2.31. The van der Waals surface area contributed by atoms with E-state index in [1.165, 1.54) is 12.5 Å². The fraction of sp³-hybridized carbons (Fsp3) is 0.650. The van der Waals surface area contributed by atoms with Crippen molar-refractivity contribution in [3.05, 3.63) is 24.2 Å². The van der Waals surface area contributed by atoms with Crippen LogP contribution in [-0.2, 0) is 14.3 Å². The van der Waals surface area contributed by atoms with E-state index in [1.807, 2.05) is 6.92 Å². The molecule has 0 radical (unpaired) electrons. The Kier molecular flexibility index (Phi) is 6.81. The lowest BCUT2D eigenvalue weighted by molar-refractivity contribution is -0.128. The van der Waals surface area contributed by atoms with Crippen LogP contribution in [0.2, 0.25) is 0 Å². The van der Waals surface area contributed by atoms with E-state index >= 15 is 0 Å². The number of ether oxygens (including phenoxy) is 1. The number of amides is 2. The summed E-state index contributed by atoms with van der Waals surface area (Å²) in [7, 11) is 0. The van der Waals surface area contributed by atoms with Crippen molar-refractivity contribution in [2.24, 2.45) is 11.3 Å². The lowest BCUT2D eigenvalue weighted by atomic mass is 9.76. The van der Waals surface area contributed by atoms with Crippen LogP contribution in [0, 0.1) is 11.3 Å². The molecule has 1 saturated heterocycles. The van der Waals surface area contributed by atoms with Gasteiger partial charge in [-0.25, -0.2) is 0 Å². The van der Waals surface area contributed by atoms with Crippen molar-refractivity contribution in [1.29, 1.82) is 0 Å². The second-order valence-electron chi connectivity index (χ2n) is 8.10. The van der Waals surface area contributed by atoms with Gasteiger partial charge in [-0.1, -0.05) is 34.6 Å². The zero-order chi connectivity index (χ0) is 20.2. The van der Waals surface area contributed by atoms with Gasteiger partial charge in [0.2, 0.25) is 5.91 Å². The Hall–Kier alpha value is -2.15. The molecule has 7 heteroatoms. The summed E-state index contributed by atoms with van der Waals surface area (Å²) < 4.78 is 10.4. The average molecular weight is 378 g/mol. The van der Waals surface area contributed by atoms with Crippen LogP contribution in [0.25, 0.3) is 0 Å². The molecule has 0 bridgehead atoms. The average Bonchev–Trinajstić information content (AvgIpc) is 3.24. The number of hydrogen-bond acceptors (Lipinski definition) is 5. The minimum absolute atomic E-state index is 0.00693. The van der Waals surface area contributed by atoms with Crippen molar-refractivity contribution in [2.45, 2.75) is 65.6 Å². The molecule has 1 aromatic rings. The molecule has 0 aromatic carbocycles. The highest BCUT2D eigenvalue weighted by Crippen LogP contribution is 2.31. The topological polar surface area (TPSA) is 97.6 Å². The van der Waals surface area contributed by atoms with Crippen LogP contribution in [-0.4, -0.2) is 42.4 Å². The third kappa shape index (κ3) is 5.19. The number of rotatable bonds is 8. The Labute approximate surface area is 160 Å². The Morgan fingerprint density at radius 1 is 1.33 bits per heavy atom. The van der Waals surface area contributed by atoms with Crippen molar-refractivity contribution in [2.75, 3.05) is 6.61 Å². The van der Waals surface area contributed by atoms with Crippen LogP contribution in [0.1, 0.15) is 57.8 Å². The van der Waals surface area contributed by atoms with Gasteiger partial charge in [0.1, 0.15) is 25.0 Å².